The maximum atomic E-state index is 11.3. The lowest BCUT2D eigenvalue weighted by Crippen LogP contribution is -2.26. The average Bonchev–Trinajstić information content (AvgIpc) is 2.15. The predicted molar refractivity (Wildman–Crippen MR) is 49.5 cm³/mol. The minimum atomic E-state index is -1.11. The van der Waals surface area contributed by atoms with E-state index in [9.17, 15) is 9.59 Å². The van der Waals surface area contributed by atoms with E-state index in [0.29, 0.717) is 6.61 Å². The maximum absolute atomic E-state index is 11.3. The number of carboxylic acid groups (broad SMARTS) is 1. The van der Waals surface area contributed by atoms with Gasteiger partial charge in [-0.1, -0.05) is 6.07 Å². The van der Waals surface area contributed by atoms with E-state index in [2.05, 4.69) is 0 Å². The van der Waals surface area contributed by atoms with Crippen LogP contribution in [0.25, 0.3) is 0 Å². The molecule has 1 aromatic heterocycles. The summed E-state index contributed by atoms with van der Waals surface area (Å²) in [7, 11) is 1.49. The highest BCUT2D eigenvalue weighted by molar-refractivity contribution is 5.85. The molecule has 0 amide bonds. The Hall–Kier alpha value is -1.62. The summed E-state index contributed by atoms with van der Waals surface area (Å²) in [6, 6.07) is 4.14. The van der Waals surface area contributed by atoms with E-state index in [1.54, 1.807) is 0 Å². The zero-order chi connectivity index (χ0) is 10.6. The molecule has 0 spiro atoms. The number of methoxy groups -OCH3 is 1. The third-order valence-corrected chi connectivity index (χ3v) is 1.79. The smallest absolute Gasteiger partial charge is 0.352 e. The quantitative estimate of drug-likeness (QED) is 0.748. The second-order valence-corrected chi connectivity index (χ2v) is 2.70. The Morgan fingerprint density at radius 2 is 2.29 bits per heavy atom. The summed E-state index contributed by atoms with van der Waals surface area (Å²) in [4.78, 5) is 22.0. The molecule has 76 valence electrons. The first-order valence-corrected chi connectivity index (χ1v) is 4.09. The fraction of sp³-hybridized carbons (Fsp3) is 0.333. The standard InChI is InChI=1S/C9H11NO4/c1-14-6-5-10-7(9(12)13)3-2-4-8(10)11/h2-4H,5-6H2,1H3,(H,12,13). The SMILES string of the molecule is COCCn1c(C(=O)O)cccc1=O. The molecule has 0 aliphatic carbocycles. The van der Waals surface area contributed by atoms with Crippen molar-refractivity contribution in [3.63, 3.8) is 0 Å². The highest BCUT2D eigenvalue weighted by atomic mass is 16.5. The number of aromatic carboxylic acids is 1. The number of hydrogen-bond donors (Lipinski definition) is 1. The highest BCUT2D eigenvalue weighted by Gasteiger charge is 2.09. The lowest BCUT2D eigenvalue weighted by molar-refractivity contribution is 0.0680. The molecule has 0 saturated heterocycles. The molecule has 0 saturated carbocycles. The lowest BCUT2D eigenvalue weighted by Gasteiger charge is -2.07. The summed E-state index contributed by atoms with van der Waals surface area (Å²) in [5, 5.41) is 8.79. The molecular weight excluding hydrogens is 186 g/mol. The van der Waals surface area contributed by atoms with Crippen LogP contribution in [0.5, 0.6) is 0 Å². The third kappa shape index (κ3) is 2.20. The summed E-state index contributed by atoms with van der Waals surface area (Å²) in [6.07, 6.45) is 0. The molecule has 0 unspecified atom stereocenters. The number of pyridine rings is 1. The molecule has 0 aliphatic heterocycles. The van der Waals surface area contributed by atoms with Crippen molar-refractivity contribution in [2.24, 2.45) is 0 Å². The molecule has 14 heavy (non-hydrogen) atoms. The fourth-order valence-corrected chi connectivity index (χ4v) is 1.12. The molecule has 1 rings (SSSR count). The van der Waals surface area contributed by atoms with Gasteiger partial charge in [0, 0.05) is 19.7 Å². The molecule has 0 radical (unpaired) electrons. The van der Waals surface area contributed by atoms with Crippen molar-refractivity contribution < 1.29 is 14.6 Å². The van der Waals surface area contributed by atoms with Gasteiger partial charge in [0.05, 0.1) is 6.61 Å². The van der Waals surface area contributed by atoms with Gasteiger partial charge in [-0.25, -0.2) is 4.79 Å². The van der Waals surface area contributed by atoms with Crippen LogP contribution in [0.15, 0.2) is 23.0 Å². The first-order chi connectivity index (χ1) is 6.66. The summed E-state index contributed by atoms with van der Waals surface area (Å²) in [5.74, 6) is -1.11. The Morgan fingerprint density at radius 3 is 2.86 bits per heavy atom. The van der Waals surface area contributed by atoms with Gasteiger partial charge in [-0.15, -0.1) is 0 Å². The monoisotopic (exact) mass is 197 g/mol. The molecule has 0 aromatic carbocycles. The van der Waals surface area contributed by atoms with Gasteiger partial charge >= 0.3 is 5.97 Å². The van der Waals surface area contributed by atoms with Crippen molar-refractivity contribution in [2.75, 3.05) is 13.7 Å². The van der Waals surface area contributed by atoms with Crippen molar-refractivity contribution in [3.8, 4) is 0 Å². The van der Waals surface area contributed by atoms with Crippen LogP contribution in [0.3, 0.4) is 0 Å². The van der Waals surface area contributed by atoms with Gasteiger partial charge in [-0.2, -0.15) is 0 Å². The van der Waals surface area contributed by atoms with Crippen molar-refractivity contribution in [2.45, 2.75) is 6.54 Å². The van der Waals surface area contributed by atoms with Gasteiger partial charge in [0.25, 0.3) is 5.56 Å². The van der Waals surface area contributed by atoms with Gasteiger partial charge < -0.3 is 14.4 Å². The van der Waals surface area contributed by atoms with Crippen molar-refractivity contribution in [3.05, 3.63) is 34.2 Å². The van der Waals surface area contributed by atoms with Gasteiger partial charge in [0.15, 0.2) is 0 Å². The molecule has 1 aromatic rings. The van der Waals surface area contributed by atoms with E-state index in [1.165, 1.54) is 29.9 Å². The number of carboxylic acids is 1. The van der Waals surface area contributed by atoms with Crippen LogP contribution in [0, 0.1) is 0 Å². The first-order valence-electron chi connectivity index (χ1n) is 4.09. The Kier molecular flexibility index (Phi) is 3.41. The van der Waals surface area contributed by atoms with E-state index in [0.717, 1.165) is 0 Å². The molecule has 1 heterocycles. The number of hydrogen-bond acceptors (Lipinski definition) is 3. The molecule has 0 aliphatic rings. The Balaban J connectivity index is 3.09. The molecule has 0 atom stereocenters. The minimum Gasteiger partial charge on any atom is -0.477 e. The van der Waals surface area contributed by atoms with Crippen molar-refractivity contribution >= 4 is 5.97 Å². The molecule has 0 fully saturated rings. The zero-order valence-electron chi connectivity index (χ0n) is 7.77. The van der Waals surface area contributed by atoms with Crippen LogP contribution in [0.1, 0.15) is 10.5 Å². The number of carbonyl (C=O) groups is 1. The number of rotatable bonds is 4. The molecule has 5 nitrogen and oxygen atoms in total. The van der Waals surface area contributed by atoms with Crippen LogP contribution in [0.2, 0.25) is 0 Å². The summed E-state index contributed by atoms with van der Waals surface area (Å²) in [6.45, 7) is 0.558. The molecule has 5 heteroatoms. The molecule has 1 N–H and O–H groups in total. The number of nitrogens with zero attached hydrogens (tertiary/aromatic N) is 1. The zero-order valence-corrected chi connectivity index (χ0v) is 7.77. The lowest BCUT2D eigenvalue weighted by atomic mass is 10.3. The van der Waals surface area contributed by atoms with E-state index in [4.69, 9.17) is 9.84 Å². The normalized spacial score (nSPS) is 10.1. The van der Waals surface area contributed by atoms with Crippen LogP contribution < -0.4 is 5.56 Å². The minimum absolute atomic E-state index is 0.0189. The van der Waals surface area contributed by atoms with Gasteiger partial charge in [0.2, 0.25) is 0 Å². The second-order valence-electron chi connectivity index (χ2n) is 2.70. The highest BCUT2D eigenvalue weighted by Crippen LogP contribution is 1.96. The van der Waals surface area contributed by atoms with Gasteiger partial charge in [0.1, 0.15) is 5.69 Å². The summed E-state index contributed by atoms with van der Waals surface area (Å²) < 4.78 is 5.96. The van der Waals surface area contributed by atoms with Crippen LogP contribution in [0.4, 0.5) is 0 Å². The number of aromatic nitrogens is 1. The van der Waals surface area contributed by atoms with Crippen LogP contribution >= 0.6 is 0 Å². The summed E-state index contributed by atoms with van der Waals surface area (Å²) >= 11 is 0. The van der Waals surface area contributed by atoms with E-state index >= 15 is 0 Å². The average molecular weight is 197 g/mol. The van der Waals surface area contributed by atoms with Gasteiger partial charge in [-0.05, 0) is 6.07 Å². The van der Waals surface area contributed by atoms with Gasteiger partial charge in [-0.3, -0.25) is 4.79 Å². The maximum Gasteiger partial charge on any atom is 0.352 e. The summed E-state index contributed by atoms with van der Waals surface area (Å²) in [5.41, 5.74) is -0.350. The Bertz CT molecular complexity index is 383. The molecular formula is C9H11NO4. The predicted octanol–water partition coefficient (Wildman–Crippen LogP) is 0.193. The topological polar surface area (TPSA) is 68.5 Å². The van der Waals surface area contributed by atoms with Crippen molar-refractivity contribution in [1.82, 2.24) is 4.57 Å². The van der Waals surface area contributed by atoms with Crippen LogP contribution in [-0.4, -0.2) is 29.4 Å². The van der Waals surface area contributed by atoms with Crippen LogP contribution in [-0.2, 0) is 11.3 Å². The Labute approximate surface area is 80.6 Å². The first kappa shape index (κ1) is 10.5. The molecule has 0 bridgehead atoms. The Morgan fingerprint density at radius 1 is 1.57 bits per heavy atom. The number of ether oxygens (including phenoxy) is 1. The third-order valence-electron chi connectivity index (χ3n) is 1.79. The largest absolute Gasteiger partial charge is 0.477 e. The fourth-order valence-electron chi connectivity index (χ4n) is 1.12. The van der Waals surface area contributed by atoms with E-state index in [1.807, 2.05) is 0 Å². The van der Waals surface area contributed by atoms with E-state index < -0.39 is 5.97 Å². The van der Waals surface area contributed by atoms with E-state index in [-0.39, 0.29) is 17.8 Å². The van der Waals surface area contributed by atoms with Crippen molar-refractivity contribution in [1.29, 1.82) is 0 Å². The second kappa shape index (κ2) is 4.57.